The van der Waals surface area contributed by atoms with Crippen molar-refractivity contribution in [3.8, 4) is 0 Å². The third-order valence-electron chi connectivity index (χ3n) is 5.23. The number of carbonyl (C=O) groups is 1. The van der Waals surface area contributed by atoms with Crippen LogP contribution in [-0.2, 0) is 28.2 Å². The molecule has 26 heavy (non-hydrogen) atoms. The maximum atomic E-state index is 11.4. The van der Waals surface area contributed by atoms with Crippen molar-refractivity contribution in [2.75, 3.05) is 13.2 Å². The molecule has 2 rings (SSSR count). The first kappa shape index (κ1) is 21.6. The predicted molar refractivity (Wildman–Crippen MR) is 101 cm³/mol. The summed E-state index contributed by atoms with van der Waals surface area (Å²) in [5.74, 6) is -1.03. The zero-order valence-corrected chi connectivity index (χ0v) is 18.3. The van der Waals surface area contributed by atoms with Crippen LogP contribution in [0.15, 0.2) is 12.2 Å². The van der Waals surface area contributed by atoms with Crippen molar-refractivity contribution >= 4 is 14.3 Å². The van der Waals surface area contributed by atoms with E-state index in [9.17, 15) is 4.79 Å². The number of ether oxygens (including phenoxy) is 4. The van der Waals surface area contributed by atoms with Crippen molar-refractivity contribution in [2.45, 2.75) is 89.9 Å². The van der Waals surface area contributed by atoms with E-state index in [1.54, 1.807) is 13.0 Å². The van der Waals surface area contributed by atoms with Crippen LogP contribution in [0.5, 0.6) is 0 Å². The fourth-order valence-corrected chi connectivity index (χ4v) is 3.71. The Bertz CT molecular complexity index is 537. The summed E-state index contributed by atoms with van der Waals surface area (Å²) in [7, 11) is -1.87. The van der Waals surface area contributed by atoms with Gasteiger partial charge in [-0.3, -0.25) is 0 Å². The summed E-state index contributed by atoms with van der Waals surface area (Å²) in [6.45, 7) is 17.5. The van der Waals surface area contributed by atoms with Crippen LogP contribution in [0.1, 0.15) is 41.5 Å². The zero-order chi connectivity index (χ0) is 19.8. The summed E-state index contributed by atoms with van der Waals surface area (Å²) in [5, 5.41) is 0.137. The molecule has 0 saturated carbocycles. The van der Waals surface area contributed by atoms with E-state index in [-0.39, 0.29) is 35.4 Å². The lowest BCUT2D eigenvalue weighted by atomic mass is 10.1. The number of carbonyl (C=O) groups excluding carboxylic acids is 1. The van der Waals surface area contributed by atoms with Crippen LogP contribution in [0, 0.1) is 0 Å². The highest BCUT2D eigenvalue weighted by Crippen LogP contribution is 2.41. The van der Waals surface area contributed by atoms with E-state index in [1.807, 2.05) is 13.8 Å². The molecule has 2 aliphatic heterocycles. The molecule has 0 amide bonds. The third kappa shape index (κ3) is 5.39. The van der Waals surface area contributed by atoms with E-state index in [1.165, 1.54) is 6.08 Å². The Kier molecular flexibility index (Phi) is 6.40. The molecular weight excluding hydrogens is 352 g/mol. The molecule has 2 saturated heterocycles. The summed E-state index contributed by atoms with van der Waals surface area (Å²) in [6.07, 6.45) is 2.45. The molecule has 2 aliphatic rings. The average Bonchev–Trinajstić information content (AvgIpc) is 3.19. The van der Waals surface area contributed by atoms with Gasteiger partial charge in [-0.1, -0.05) is 20.8 Å². The number of esters is 1. The molecule has 0 bridgehead atoms. The van der Waals surface area contributed by atoms with Crippen LogP contribution in [0.2, 0.25) is 18.1 Å². The van der Waals surface area contributed by atoms with E-state index < -0.39 is 14.1 Å². The van der Waals surface area contributed by atoms with E-state index in [0.717, 1.165) is 0 Å². The van der Waals surface area contributed by atoms with Gasteiger partial charge in [0.25, 0.3) is 0 Å². The molecule has 7 heteroatoms. The second-order valence-corrected chi connectivity index (χ2v) is 13.7. The van der Waals surface area contributed by atoms with Gasteiger partial charge < -0.3 is 23.4 Å². The van der Waals surface area contributed by atoms with Gasteiger partial charge in [-0.05, 0) is 45.0 Å². The molecule has 0 aromatic rings. The van der Waals surface area contributed by atoms with Crippen LogP contribution in [0.3, 0.4) is 0 Å². The molecule has 0 unspecified atom stereocenters. The Morgan fingerprint density at radius 2 is 1.85 bits per heavy atom. The molecule has 0 aromatic heterocycles. The monoisotopic (exact) mass is 386 g/mol. The largest absolute Gasteiger partial charge is 0.463 e. The van der Waals surface area contributed by atoms with Crippen LogP contribution in [0.4, 0.5) is 0 Å². The quantitative estimate of drug-likeness (QED) is 0.289. The Morgan fingerprint density at radius 1 is 1.19 bits per heavy atom. The van der Waals surface area contributed by atoms with Gasteiger partial charge in [0.15, 0.2) is 14.1 Å². The van der Waals surface area contributed by atoms with Crippen molar-refractivity contribution in [1.82, 2.24) is 0 Å². The molecule has 150 valence electrons. The smallest absolute Gasteiger partial charge is 0.330 e. The van der Waals surface area contributed by atoms with Crippen molar-refractivity contribution in [3.63, 3.8) is 0 Å². The number of epoxide rings is 1. The third-order valence-corrected chi connectivity index (χ3v) is 9.73. The maximum Gasteiger partial charge on any atom is 0.330 e. The molecule has 2 fully saturated rings. The van der Waals surface area contributed by atoms with Gasteiger partial charge in [0.2, 0.25) is 0 Å². The normalized spacial score (nSPS) is 31.4. The van der Waals surface area contributed by atoms with Gasteiger partial charge in [0, 0.05) is 6.08 Å². The minimum absolute atomic E-state index is 0.129. The van der Waals surface area contributed by atoms with Crippen LogP contribution >= 0.6 is 0 Å². The van der Waals surface area contributed by atoms with E-state index in [2.05, 4.69) is 33.9 Å². The van der Waals surface area contributed by atoms with E-state index in [0.29, 0.717) is 13.2 Å². The summed E-state index contributed by atoms with van der Waals surface area (Å²) >= 11 is 0. The maximum absolute atomic E-state index is 11.4. The molecule has 0 N–H and O–H groups in total. The predicted octanol–water partition coefficient (Wildman–Crippen LogP) is 3.42. The number of rotatable bonds is 7. The Labute approximate surface area is 158 Å². The summed E-state index contributed by atoms with van der Waals surface area (Å²) in [6, 6.07) is 0. The van der Waals surface area contributed by atoms with Gasteiger partial charge in [0.1, 0.15) is 24.4 Å². The molecule has 2 heterocycles. The summed E-state index contributed by atoms with van der Waals surface area (Å²) < 4.78 is 29.1. The van der Waals surface area contributed by atoms with Crippen LogP contribution < -0.4 is 0 Å². The van der Waals surface area contributed by atoms with Crippen molar-refractivity contribution < 1.29 is 28.2 Å². The topological polar surface area (TPSA) is 66.5 Å². The molecule has 0 radical (unpaired) electrons. The van der Waals surface area contributed by atoms with Gasteiger partial charge in [0.05, 0.1) is 13.2 Å². The van der Waals surface area contributed by atoms with E-state index >= 15 is 0 Å². The summed E-state index contributed by atoms with van der Waals surface area (Å²) in [5.41, 5.74) is 0. The molecule has 4 atom stereocenters. The van der Waals surface area contributed by atoms with Crippen molar-refractivity contribution in [2.24, 2.45) is 0 Å². The Hall–Kier alpha value is -0.733. The SMILES string of the molecule is CCOC(=O)/C=C/[C@H]1O[C@@H]1[C@H]1OC(C)(C)O[C@@H]1CO[Si](C)(C)C(C)(C)C. The number of hydrogen-bond donors (Lipinski definition) is 0. The fourth-order valence-electron chi connectivity index (χ4n) is 2.70. The summed E-state index contributed by atoms with van der Waals surface area (Å²) in [4.78, 5) is 11.4. The molecule has 6 nitrogen and oxygen atoms in total. The fraction of sp³-hybridized carbons (Fsp3) is 0.842. The second kappa shape index (κ2) is 7.71. The minimum Gasteiger partial charge on any atom is -0.463 e. The van der Waals surface area contributed by atoms with Crippen LogP contribution in [-0.4, -0.2) is 57.7 Å². The van der Waals surface area contributed by atoms with E-state index in [4.69, 9.17) is 23.4 Å². The van der Waals surface area contributed by atoms with Crippen molar-refractivity contribution in [1.29, 1.82) is 0 Å². The Morgan fingerprint density at radius 3 is 2.42 bits per heavy atom. The zero-order valence-electron chi connectivity index (χ0n) is 17.3. The highest BCUT2D eigenvalue weighted by molar-refractivity contribution is 6.74. The lowest BCUT2D eigenvalue weighted by Gasteiger charge is -2.37. The molecule has 0 spiro atoms. The first-order valence-electron chi connectivity index (χ1n) is 9.36. The van der Waals surface area contributed by atoms with Gasteiger partial charge in [-0.15, -0.1) is 0 Å². The number of hydrogen-bond acceptors (Lipinski definition) is 6. The lowest BCUT2D eigenvalue weighted by molar-refractivity contribution is -0.150. The minimum atomic E-state index is -1.87. The van der Waals surface area contributed by atoms with Crippen molar-refractivity contribution in [3.05, 3.63) is 12.2 Å². The lowest BCUT2D eigenvalue weighted by Crippen LogP contribution is -2.44. The molecule has 0 aromatic carbocycles. The standard InChI is InChI=1S/C19H34O6Si/c1-9-21-15(20)11-10-13-16(23-13)17-14(24-19(5,6)25-17)12-22-26(7,8)18(2,3)4/h10-11,13-14,16-17H,9,12H2,1-8H3/b11-10+/t13-,14-,16+,17+/m1/s1. The highest BCUT2D eigenvalue weighted by atomic mass is 28.4. The van der Waals surface area contributed by atoms with Gasteiger partial charge in [-0.2, -0.15) is 0 Å². The second-order valence-electron chi connectivity index (χ2n) is 8.89. The van der Waals surface area contributed by atoms with Crippen LogP contribution in [0.25, 0.3) is 0 Å². The molecule has 0 aliphatic carbocycles. The van der Waals surface area contributed by atoms with Gasteiger partial charge in [-0.25, -0.2) is 4.79 Å². The molecular formula is C19H34O6Si. The first-order chi connectivity index (χ1) is 11.9. The highest BCUT2D eigenvalue weighted by Gasteiger charge is 2.55. The average molecular weight is 387 g/mol. The first-order valence-corrected chi connectivity index (χ1v) is 12.3. The Balaban J connectivity index is 1.96. The van der Waals surface area contributed by atoms with Gasteiger partial charge >= 0.3 is 5.97 Å².